The summed E-state index contributed by atoms with van der Waals surface area (Å²) in [6.45, 7) is 2.17. The Kier molecular flexibility index (Phi) is 6.91. The smallest absolute Gasteiger partial charge is 0.475 e. The molecule has 0 atom stereocenters. The van der Waals surface area contributed by atoms with Crippen molar-refractivity contribution >= 4 is 43.8 Å². The molecule has 0 fully saturated rings. The molecule has 4 aromatic rings. The average molecular weight is 502 g/mol. The number of para-hydroxylation sites is 1. The molecule has 0 saturated heterocycles. The molecule has 0 amide bonds. The van der Waals surface area contributed by atoms with E-state index in [2.05, 4.69) is 36.5 Å². The number of hydrogen-bond acceptors (Lipinski definition) is 4. The molecular weight excluding hydrogens is 486 g/mol. The minimum absolute atomic E-state index is 0.256. The predicted molar refractivity (Wildman–Crippen MR) is 109 cm³/mol. The number of fused-ring (bicyclic) bond motifs is 2. The van der Waals surface area contributed by atoms with Crippen LogP contribution in [0.1, 0.15) is 5.69 Å². The molecule has 12 heteroatoms. The first-order chi connectivity index (χ1) is 14.6. The minimum atomic E-state index is -5.08. The van der Waals surface area contributed by atoms with Crippen molar-refractivity contribution in [2.75, 3.05) is 6.54 Å². The van der Waals surface area contributed by atoms with Crippen molar-refractivity contribution in [3.63, 3.8) is 0 Å². The lowest BCUT2D eigenvalue weighted by Crippen LogP contribution is -2.21. The number of hydrogen-bond donors (Lipinski definition) is 3. The molecule has 2 aromatic heterocycles. The van der Waals surface area contributed by atoms with E-state index in [4.69, 9.17) is 9.90 Å². The van der Waals surface area contributed by atoms with Gasteiger partial charge in [-0.2, -0.15) is 13.2 Å². The van der Waals surface area contributed by atoms with Gasteiger partial charge >= 0.3 is 12.1 Å². The number of carboxylic acid groups (broad SMARTS) is 1. The lowest BCUT2D eigenvalue weighted by atomic mass is 10.2. The summed E-state index contributed by atoms with van der Waals surface area (Å²) >= 11 is 3.39. The SMILES string of the molecule is Fc1cc(Br)c2cc(CNCCn3nnc4ccccc43)[nH]c2c1.O=C(O)C(F)(F)F. The van der Waals surface area contributed by atoms with Crippen molar-refractivity contribution in [1.82, 2.24) is 25.3 Å². The number of alkyl halides is 3. The van der Waals surface area contributed by atoms with Crippen LogP contribution in [0.25, 0.3) is 21.9 Å². The Balaban J connectivity index is 0.000000339. The van der Waals surface area contributed by atoms with Crippen molar-refractivity contribution < 1.29 is 27.5 Å². The third kappa shape index (κ3) is 5.79. The number of nitrogens with zero attached hydrogens (tertiary/aromatic N) is 3. The Hall–Kier alpha value is -2.99. The van der Waals surface area contributed by atoms with E-state index in [0.717, 1.165) is 45.2 Å². The van der Waals surface area contributed by atoms with Gasteiger partial charge in [0.25, 0.3) is 0 Å². The highest BCUT2D eigenvalue weighted by Crippen LogP contribution is 2.26. The second-order valence-corrected chi connectivity index (χ2v) is 7.28. The number of carboxylic acids is 1. The summed E-state index contributed by atoms with van der Waals surface area (Å²) in [5.41, 5.74) is 3.74. The van der Waals surface area contributed by atoms with E-state index in [-0.39, 0.29) is 5.82 Å². The number of benzene rings is 2. The first-order valence-corrected chi connectivity index (χ1v) is 9.70. The molecule has 0 aliphatic carbocycles. The number of aliphatic carboxylic acids is 1. The van der Waals surface area contributed by atoms with Crippen LogP contribution < -0.4 is 5.32 Å². The van der Waals surface area contributed by atoms with Crippen LogP contribution >= 0.6 is 15.9 Å². The fourth-order valence-corrected chi connectivity index (χ4v) is 3.35. The number of H-pyrrole nitrogens is 1. The molecule has 7 nitrogen and oxygen atoms in total. The van der Waals surface area contributed by atoms with Gasteiger partial charge in [0.15, 0.2) is 0 Å². The van der Waals surface area contributed by atoms with Gasteiger partial charge in [-0.1, -0.05) is 17.3 Å². The van der Waals surface area contributed by atoms with Crippen LogP contribution in [0.15, 0.2) is 46.9 Å². The van der Waals surface area contributed by atoms with Crippen LogP contribution in [-0.4, -0.2) is 43.8 Å². The maximum Gasteiger partial charge on any atom is 0.490 e. The van der Waals surface area contributed by atoms with E-state index in [1.165, 1.54) is 12.1 Å². The van der Waals surface area contributed by atoms with Gasteiger partial charge in [0, 0.05) is 34.2 Å². The lowest BCUT2D eigenvalue weighted by Gasteiger charge is -2.04. The number of rotatable bonds is 5. The molecular formula is C19H16BrF4N5O2. The average Bonchev–Trinajstić information content (AvgIpc) is 3.29. The number of aromatic nitrogens is 4. The van der Waals surface area contributed by atoms with Crippen molar-refractivity contribution in [1.29, 1.82) is 0 Å². The number of nitrogens with one attached hydrogen (secondary N) is 2. The minimum Gasteiger partial charge on any atom is -0.475 e. The zero-order valence-corrected chi connectivity index (χ0v) is 17.3. The summed E-state index contributed by atoms with van der Waals surface area (Å²) in [5, 5.41) is 19.8. The first kappa shape index (κ1) is 22.7. The van der Waals surface area contributed by atoms with E-state index in [9.17, 15) is 17.6 Å². The van der Waals surface area contributed by atoms with E-state index in [1.807, 2.05) is 35.0 Å². The van der Waals surface area contributed by atoms with Crippen molar-refractivity contribution in [2.45, 2.75) is 19.3 Å². The lowest BCUT2D eigenvalue weighted by molar-refractivity contribution is -0.192. The van der Waals surface area contributed by atoms with E-state index >= 15 is 0 Å². The Morgan fingerprint density at radius 2 is 1.94 bits per heavy atom. The van der Waals surface area contributed by atoms with E-state index in [1.54, 1.807) is 0 Å². The Morgan fingerprint density at radius 3 is 2.65 bits per heavy atom. The highest BCUT2D eigenvalue weighted by Gasteiger charge is 2.38. The van der Waals surface area contributed by atoms with Gasteiger partial charge in [0.05, 0.1) is 12.1 Å². The van der Waals surface area contributed by atoms with Gasteiger partial charge in [-0.25, -0.2) is 13.9 Å². The number of carbonyl (C=O) groups is 1. The molecule has 3 N–H and O–H groups in total. The predicted octanol–water partition coefficient (Wildman–Crippen LogP) is 4.24. The molecule has 0 radical (unpaired) electrons. The van der Waals surface area contributed by atoms with Gasteiger partial charge in [-0.15, -0.1) is 5.10 Å². The van der Waals surface area contributed by atoms with E-state index < -0.39 is 12.1 Å². The second-order valence-electron chi connectivity index (χ2n) is 6.42. The standard InChI is InChI=1S/C17H15BrFN5.C2HF3O2/c18-14-7-11(19)8-16-13(14)9-12(21-16)10-20-5-6-24-17-4-2-1-3-15(17)22-23-24;3-2(4,5)1(6)7/h1-4,7-9,20-21H,5-6,10H2;(H,6,7). The van der Waals surface area contributed by atoms with Gasteiger partial charge < -0.3 is 15.4 Å². The van der Waals surface area contributed by atoms with Gasteiger partial charge in [-0.3, -0.25) is 0 Å². The molecule has 0 aliphatic rings. The molecule has 0 unspecified atom stereocenters. The first-order valence-electron chi connectivity index (χ1n) is 8.91. The molecule has 164 valence electrons. The second kappa shape index (κ2) is 9.43. The molecule has 4 rings (SSSR count). The van der Waals surface area contributed by atoms with Crippen LogP contribution in [0.4, 0.5) is 17.6 Å². The largest absolute Gasteiger partial charge is 0.490 e. The van der Waals surface area contributed by atoms with Gasteiger partial charge in [0.2, 0.25) is 0 Å². The highest BCUT2D eigenvalue weighted by atomic mass is 79.9. The fourth-order valence-electron chi connectivity index (χ4n) is 2.80. The van der Waals surface area contributed by atoms with Gasteiger partial charge in [0.1, 0.15) is 11.3 Å². The van der Waals surface area contributed by atoms with Crippen molar-refractivity contribution in [3.05, 3.63) is 58.4 Å². The molecule has 0 spiro atoms. The fraction of sp³-hybridized carbons (Fsp3) is 0.211. The maximum absolute atomic E-state index is 13.4. The van der Waals surface area contributed by atoms with Crippen molar-refractivity contribution in [3.8, 4) is 0 Å². The monoisotopic (exact) mass is 501 g/mol. The molecule has 0 saturated carbocycles. The van der Waals surface area contributed by atoms with Crippen LogP contribution in [0.5, 0.6) is 0 Å². The Bertz CT molecular complexity index is 1210. The molecule has 0 bridgehead atoms. The van der Waals surface area contributed by atoms with Gasteiger partial charge in [-0.05, 0) is 46.3 Å². The van der Waals surface area contributed by atoms with Crippen LogP contribution in [0.3, 0.4) is 0 Å². The third-order valence-electron chi connectivity index (χ3n) is 4.19. The highest BCUT2D eigenvalue weighted by molar-refractivity contribution is 9.10. The van der Waals surface area contributed by atoms with Crippen LogP contribution in [-0.2, 0) is 17.9 Å². The molecule has 31 heavy (non-hydrogen) atoms. The van der Waals surface area contributed by atoms with Crippen molar-refractivity contribution in [2.24, 2.45) is 0 Å². The summed E-state index contributed by atoms with van der Waals surface area (Å²) in [7, 11) is 0. The molecule has 2 heterocycles. The molecule has 2 aromatic carbocycles. The van der Waals surface area contributed by atoms with Crippen LogP contribution in [0.2, 0.25) is 0 Å². The number of halogens is 5. The Morgan fingerprint density at radius 1 is 1.23 bits per heavy atom. The summed E-state index contributed by atoms with van der Waals surface area (Å²) < 4.78 is 47.8. The maximum atomic E-state index is 13.4. The zero-order valence-electron chi connectivity index (χ0n) is 15.7. The topological polar surface area (TPSA) is 95.8 Å². The normalized spacial score (nSPS) is 11.5. The quantitative estimate of drug-likeness (QED) is 0.281. The third-order valence-corrected chi connectivity index (χ3v) is 4.84. The number of aromatic amines is 1. The van der Waals surface area contributed by atoms with Crippen LogP contribution in [0, 0.1) is 5.82 Å². The summed E-state index contributed by atoms with van der Waals surface area (Å²) in [4.78, 5) is 12.1. The Labute approximate surface area is 181 Å². The van der Waals surface area contributed by atoms with E-state index in [0.29, 0.717) is 6.54 Å². The zero-order chi connectivity index (χ0) is 22.6. The summed E-state index contributed by atoms with van der Waals surface area (Å²) in [5.74, 6) is -3.01. The summed E-state index contributed by atoms with van der Waals surface area (Å²) in [6, 6.07) is 12.9. The summed E-state index contributed by atoms with van der Waals surface area (Å²) in [6.07, 6.45) is -5.08. The molecule has 0 aliphatic heterocycles.